The average Bonchev–Trinajstić information content (AvgIpc) is 2.72. The molecule has 0 aliphatic heterocycles. The lowest BCUT2D eigenvalue weighted by molar-refractivity contribution is -0.138. The highest BCUT2D eigenvalue weighted by Gasteiger charge is 2.21. The Morgan fingerprint density at radius 3 is 2.81 bits per heavy atom. The van der Waals surface area contributed by atoms with Gasteiger partial charge in [0.05, 0.1) is 5.92 Å². The van der Waals surface area contributed by atoms with Crippen LogP contribution in [0.15, 0.2) is 18.2 Å². The van der Waals surface area contributed by atoms with Gasteiger partial charge in [0.1, 0.15) is 0 Å². The zero-order valence-corrected chi connectivity index (χ0v) is 9.28. The number of hydrogen-bond acceptors (Lipinski definition) is 2. The topological polar surface area (TPSA) is 63.3 Å². The van der Waals surface area contributed by atoms with Gasteiger partial charge < -0.3 is 10.8 Å². The quantitative estimate of drug-likeness (QED) is 0.810. The first-order valence-electron chi connectivity index (χ1n) is 5.77. The molecule has 0 bridgehead atoms. The summed E-state index contributed by atoms with van der Waals surface area (Å²) in [6, 6.07) is 6.07. The van der Waals surface area contributed by atoms with Crippen LogP contribution in [-0.4, -0.2) is 17.6 Å². The van der Waals surface area contributed by atoms with Crippen molar-refractivity contribution in [3.8, 4) is 0 Å². The Bertz CT molecular complexity index is 401. The zero-order chi connectivity index (χ0) is 11.5. The predicted molar refractivity (Wildman–Crippen MR) is 62.5 cm³/mol. The highest BCUT2D eigenvalue weighted by molar-refractivity contribution is 5.76. The average molecular weight is 219 g/mol. The summed E-state index contributed by atoms with van der Waals surface area (Å²) in [5.74, 6) is -1.22. The number of fused-ring (bicyclic) bond motifs is 1. The predicted octanol–water partition coefficient (Wildman–Crippen LogP) is 1.69. The van der Waals surface area contributed by atoms with E-state index in [2.05, 4.69) is 12.1 Å². The Balaban J connectivity index is 2.28. The summed E-state index contributed by atoms with van der Waals surface area (Å²) in [4.78, 5) is 11.1. The molecule has 2 rings (SSSR count). The minimum atomic E-state index is -0.775. The van der Waals surface area contributed by atoms with Crippen molar-refractivity contribution in [2.75, 3.05) is 6.54 Å². The molecule has 0 radical (unpaired) electrons. The molecule has 1 aromatic rings. The van der Waals surface area contributed by atoms with E-state index in [4.69, 9.17) is 10.8 Å². The van der Waals surface area contributed by atoms with Gasteiger partial charge in [0.2, 0.25) is 0 Å². The molecule has 16 heavy (non-hydrogen) atoms. The molecule has 3 nitrogen and oxygen atoms in total. The fraction of sp³-hybridized carbons (Fsp3) is 0.462. The molecule has 1 aliphatic rings. The Hall–Kier alpha value is -1.35. The molecule has 86 valence electrons. The first-order valence-corrected chi connectivity index (χ1v) is 5.77. The molecule has 0 aromatic heterocycles. The van der Waals surface area contributed by atoms with Crippen molar-refractivity contribution in [1.82, 2.24) is 0 Å². The van der Waals surface area contributed by atoms with E-state index in [1.165, 1.54) is 17.5 Å². The summed E-state index contributed by atoms with van der Waals surface area (Å²) in [5.41, 5.74) is 9.05. The molecule has 3 N–H and O–H groups in total. The number of aliphatic carboxylic acids is 1. The molecule has 0 amide bonds. The summed E-state index contributed by atoms with van der Waals surface area (Å²) in [6.07, 6.45) is 3.91. The molecule has 1 atom stereocenters. The molecule has 0 fully saturated rings. The van der Waals surface area contributed by atoms with Crippen LogP contribution < -0.4 is 5.73 Å². The number of nitrogens with two attached hydrogens (primary N) is 1. The summed E-state index contributed by atoms with van der Waals surface area (Å²) in [7, 11) is 0. The normalized spacial score (nSPS) is 15.8. The van der Waals surface area contributed by atoms with Gasteiger partial charge >= 0.3 is 5.97 Å². The van der Waals surface area contributed by atoms with Crippen LogP contribution in [0.3, 0.4) is 0 Å². The Labute approximate surface area is 95.3 Å². The molecule has 1 aliphatic carbocycles. The van der Waals surface area contributed by atoms with Gasteiger partial charge in [-0.05, 0) is 48.9 Å². The van der Waals surface area contributed by atoms with Gasteiger partial charge in [0.15, 0.2) is 0 Å². The number of carbonyl (C=O) groups is 1. The summed E-state index contributed by atoms with van der Waals surface area (Å²) in [5, 5.41) is 9.15. The maximum atomic E-state index is 11.1. The molecular weight excluding hydrogens is 202 g/mol. The molecule has 0 saturated heterocycles. The number of benzene rings is 1. The first-order chi connectivity index (χ1) is 7.72. The Kier molecular flexibility index (Phi) is 3.25. The van der Waals surface area contributed by atoms with Gasteiger partial charge in [-0.1, -0.05) is 18.2 Å². The van der Waals surface area contributed by atoms with Crippen LogP contribution in [0.2, 0.25) is 0 Å². The largest absolute Gasteiger partial charge is 0.481 e. The van der Waals surface area contributed by atoms with Crippen molar-refractivity contribution in [3.05, 3.63) is 34.9 Å². The standard InChI is InChI=1S/C13H17NO2/c14-7-6-12(13(15)16)11-5-4-9-2-1-3-10(9)8-11/h4-5,8,12H,1-3,6-7,14H2,(H,15,16). The van der Waals surface area contributed by atoms with Gasteiger partial charge in [-0.2, -0.15) is 0 Å². The van der Waals surface area contributed by atoms with Crippen molar-refractivity contribution in [3.63, 3.8) is 0 Å². The van der Waals surface area contributed by atoms with E-state index in [0.29, 0.717) is 13.0 Å². The van der Waals surface area contributed by atoms with Gasteiger partial charge in [-0.3, -0.25) is 4.79 Å². The summed E-state index contributed by atoms with van der Waals surface area (Å²) < 4.78 is 0. The van der Waals surface area contributed by atoms with E-state index in [-0.39, 0.29) is 0 Å². The lowest BCUT2D eigenvalue weighted by Crippen LogP contribution is -2.16. The van der Waals surface area contributed by atoms with Crippen molar-refractivity contribution >= 4 is 5.97 Å². The zero-order valence-electron chi connectivity index (χ0n) is 9.28. The number of rotatable bonds is 4. The Morgan fingerprint density at radius 2 is 2.12 bits per heavy atom. The third-order valence-electron chi connectivity index (χ3n) is 3.28. The van der Waals surface area contributed by atoms with Crippen molar-refractivity contribution in [1.29, 1.82) is 0 Å². The molecular formula is C13H17NO2. The van der Waals surface area contributed by atoms with Crippen LogP contribution in [0, 0.1) is 0 Å². The van der Waals surface area contributed by atoms with Gasteiger partial charge in [-0.25, -0.2) is 0 Å². The van der Waals surface area contributed by atoms with Crippen LogP contribution in [0.1, 0.15) is 35.4 Å². The van der Waals surface area contributed by atoms with Crippen LogP contribution in [-0.2, 0) is 17.6 Å². The second kappa shape index (κ2) is 4.66. The van der Waals surface area contributed by atoms with Crippen molar-refractivity contribution < 1.29 is 9.90 Å². The second-order valence-electron chi connectivity index (χ2n) is 4.35. The number of carboxylic acid groups (broad SMARTS) is 1. The van der Waals surface area contributed by atoms with E-state index < -0.39 is 11.9 Å². The Morgan fingerprint density at radius 1 is 1.38 bits per heavy atom. The monoisotopic (exact) mass is 219 g/mol. The lowest BCUT2D eigenvalue weighted by Gasteiger charge is -2.13. The molecule has 1 aromatic carbocycles. The number of carboxylic acids is 1. The highest BCUT2D eigenvalue weighted by atomic mass is 16.4. The SMILES string of the molecule is NCCC(C(=O)O)c1ccc2c(c1)CCC2. The van der Waals surface area contributed by atoms with E-state index >= 15 is 0 Å². The molecule has 3 heteroatoms. The fourth-order valence-corrected chi connectivity index (χ4v) is 2.41. The van der Waals surface area contributed by atoms with E-state index in [0.717, 1.165) is 18.4 Å². The van der Waals surface area contributed by atoms with E-state index in [9.17, 15) is 4.79 Å². The number of aryl methyl sites for hydroxylation is 2. The smallest absolute Gasteiger partial charge is 0.311 e. The minimum Gasteiger partial charge on any atom is -0.481 e. The van der Waals surface area contributed by atoms with Gasteiger partial charge in [0.25, 0.3) is 0 Å². The van der Waals surface area contributed by atoms with Gasteiger partial charge in [-0.15, -0.1) is 0 Å². The minimum absolute atomic E-state index is 0.411. The maximum absolute atomic E-state index is 11.1. The van der Waals surface area contributed by atoms with Crippen molar-refractivity contribution in [2.24, 2.45) is 5.73 Å². The van der Waals surface area contributed by atoms with Crippen molar-refractivity contribution in [2.45, 2.75) is 31.6 Å². The molecule has 1 unspecified atom stereocenters. The third-order valence-corrected chi connectivity index (χ3v) is 3.28. The van der Waals surface area contributed by atoms with Crippen LogP contribution in [0.5, 0.6) is 0 Å². The maximum Gasteiger partial charge on any atom is 0.311 e. The fourth-order valence-electron chi connectivity index (χ4n) is 2.41. The third kappa shape index (κ3) is 2.09. The second-order valence-corrected chi connectivity index (χ2v) is 4.35. The van der Waals surface area contributed by atoms with Crippen LogP contribution >= 0.6 is 0 Å². The first kappa shape index (κ1) is 11.1. The summed E-state index contributed by atoms with van der Waals surface area (Å²) in [6.45, 7) is 0.411. The van der Waals surface area contributed by atoms with Gasteiger partial charge in [0, 0.05) is 0 Å². The van der Waals surface area contributed by atoms with E-state index in [1.807, 2.05) is 6.07 Å². The molecule has 0 heterocycles. The molecule has 0 saturated carbocycles. The number of hydrogen-bond donors (Lipinski definition) is 2. The highest BCUT2D eigenvalue weighted by Crippen LogP contribution is 2.27. The summed E-state index contributed by atoms with van der Waals surface area (Å²) >= 11 is 0. The molecule has 0 spiro atoms. The van der Waals surface area contributed by atoms with Crippen LogP contribution in [0.4, 0.5) is 0 Å². The van der Waals surface area contributed by atoms with Crippen LogP contribution in [0.25, 0.3) is 0 Å². The van der Waals surface area contributed by atoms with E-state index in [1.54, 1.807) is 0 Å². The lowest BCUT2D eigenvalue weighted by atomic mass is 9.93.